The second-order valence-electron chi connectivity index (χ2n) is 7.29. The highest BCUT2D eigenvalue weighted by atomic mass is 16.5. The number of hydrogen-bond acceptors (Lipinski definition) is 1. The fourth-order valence-corrected chi connectivity index (χ4v) is 4.52. The van der Waals surface area contributed by atoms with Crippen LogP contribution < -0.4 is 4.74 Å². The van der Waals surface area contributed by atoms with Crippen molar-refractivity contribution in [1.29, 1.82) is 0 Å². The number of ether oxygens (including phenoxy) is 1. The molecule has 1 aromatic rings. The van der Waals surface area contributed by atoms with Gasteiger partial charge in [0.1, 0.15) is 12.4 Å². The second kappa shape index (κ2) is 7.86. The van der Waals surface area contributed by atoms with E-state index < -0.39 is 0 Å². The Balaban J connectivity index is 1.57. The van der Waals surface area contributed by atoms with Crippen LogP contribution in [0.1, 0.15) is 56.9 Å². The summed E-state index contributed by atoms with van der Waals surface area (Å²) in [5.41, 5.74) is 1.51. The van der Waals surface area contributed by atoms with Gasteiger partial charge >= 0.3 is 0 Å². The molecule has 0 aliphatic heterocycles. The van der Waals surface area contributed by atoms with Crippen LogP contribution in [0.25, 0.3) is 0 Å². The summed E-state index contributed by atoms with van der Waals surface area (Å²) >= 11 is 0. The summed E-state index contributed by atoms with van der Waals surface area (Å²) in [5, 5.41) is 0. The molecular formula is C22H30O. The standard InChI is InChI=1S/C22H30O/c1-3-5-14-23-22-12-10-18(11-13-22)20-9-8-19-15-17(4-2)6-7-21(19)16-20/h3-5,10-13,17,19-21H,2,6-9,14-16H2,1H3. The van der Waals surface area contributed by atoms with Crippen LogP contribution in [-0.4, -0.2) is 6.61 Å². The molecule has 1 nitrogen and oxygen atoms in total. The first kappa shape index (κ1) is 16.4. The Morgan fingerprint density at radius 1 is 1.04 bits per heavy atom. The van der Waals surface area contributed by atoms with Gasteiger partial charge in [-0.25, -0.2) is 0 Å². The number of rotatable bonds is 5. The first-order chi connectivity index (χ1) is 11.3. The summed E-state index contributed by atoms with van der Waals surface area (Å²) in [6, 6.07) is 8.84. The largest absolute Gasteiger partial charge is 0.490 e. The van der Waals surface area contributed by atoms with Crippen LogP contribution in [0.4, 0.5) is 0 Å². The average Bonchev–Trinajstić information content (AvgIpc) is 2.61. The van der Waals surface area contributed by atoms with Crippen LogP contribution in [0, 0.1) is 17.8 Å². The van der Waals surface area contributed by atoms with E-state index in [9.17, 15) is 0 Å². The molecule has 0 bridgehead atoms. The summed E-state index contributed by atoms with van der Waals surface area (Å²) in [6.07, 6.45) is 14.5. The molecule has 2 saturated carbocycles. The zero-order valence-electron chi connectivity index (χ0n) is 14.4. The third kappa shape index (κ3) is 4.07. The van der Waals surface area contributed by atoms with E-state index in [1.54, 1.807) is 0 Å². The molecule has 2 fully saturated rings. The van der Waals surface area contributed by atoms with Crippen molar-refractivity contribution in [2.45, 2.75) is 51.4 Å². The predicted molar refractivity (Wildman–Crippen MR) is 97.9 cm³/mol. The number of fused-ring (bicyclic) bond motifs is 1. The molecule has 0 saturated heterocycles. The molecule has 0 spiro atoms. The Bertz CT molecular complexity index is 527. The van der Waals surface area contributed by atoms with Crippen molar-refractivity contribution in [2.75, 3.05) is 6.61 Å². The topological polar surface area (TPSA) is 9.23 Å². The van der Waals surface area contributed by atoms with Gasteiger partial charge < -0.3 is 4.74 Å². The van der Waals surface area contributed by atoms with Crippen molar-refractivity contribution < 1.29 is 4.74 Å². The van der Waals surface area contributed by atoms with Crippen LogP contribution in [0.2, 0.25) is 0 Å². The Morgan fingerprint density at radius 3 is 2.52 bits per heavy atom. The Hall–Kier alpha value is -1.50. The van der Waals surface area contributed by atoms with E-state index in [0.717, 1.165) is 29.4 Å². The van der Waals surface area contributed by atoms with Gasteiger partial charge in [0.25, 0.3) is 0 Å². The molecule has 1 heteroatoms. The summed E-state index contributed by atoms with van der Waals surface area (Å²) in [5.74, 6) is 4.40. The average molecular weight is 310 g/mol. The molecule has 2 aliphatic rings. The minimum Gasteiger partial charge on any atom is -0.490 e. The minimum atomic E-state index is 0.660. The van der Waals surface area contributed by atoms with Crippen LogP contribution in [0.3, 0.4) is 0 Å². The van der Waals surface area contributed by atoms with Gasteiger partial charge in [0.15, 0.2) is 0 Å². The van der Waals surface area contributed by atoms with Crippen molar-refractivity contribution in [3.8, 4) is 5.75 Å². The molecule has 2 aliphatic carbocycles. The number of hydrogen-bond donors (Lipinski definition) is 0. The Labute approximate surface area is 141 Å². The SMILES string of the molecule is C=CC1CCC2CC(c3ccc(OCC=CC)cc3)CCC2C1. The smallest absolute Gasteiger partial charge is 0.119 e. The highest BCUT2D eigenvalue weighted by Gasteiger charge is 2.35. The van der Waals surface area contributed by atoms with E-state index in [1.165, 1.54) is 44.1 Å². The molecule has 0 N–H and O–H groups in total. The van der Waals surface area contributed by atoms with Gasteiger partial charge in [-0.05, 0) is 86.8 Å². The Morgan fingerprint density at radius 2 is 1.78 bits per heavy atom. The van der Waals surface area contributed by atoms with E-state index >= 15 is 0 Å². The minimum absolute atomic E-state index is 0.660. The predicted octanol–water partition coefficient (Wildman–Crippen LogP) is 6.13. The van der Waals surface area contributed by atoms with E-state index in [0.29, 0.717) is 6.61 Å². The van der Waals surface area contributed by atoms with Gasteiger partial charge in [-0.15, -0.1) is 6.58 Å². The highest BCUT2D eigenvalue weighted by molar-refractivity contribution is 5.30. The highest BCUT2D eigenvalue weighted by Crippen LogP contribution is 2.47. The van der Waals surface area contributed by atoms with Gasteiger partial charge in [-0.3, -0.25) is 0 Å². The number of benzene rings is 1. The van der Waals surface area contributed by atoms with Crippen LogP contribution in [-0.2, 0) is 0 Å². The zero-order valence-corrected chi connectivity index (χ0v) is 14.4. The van der Waals surface area contributed by atoms with Crippen LogP contribution >= 0.6 is 0 Å². The second-order valence-corrected chi connectivity index (χ2v) is 7.29. The lowest BCUT2D eigenvalue weighted by molar-refractivity contribution is 0.133. The molecule has 4 atom stereocenters. The van der Waals surface area contributed by atoms with Gasteiger partial charge in [0.05, 0.1) is 0 Å². The van der Waals surface area contributed by atoms with E-state index in [1.807, 2.05) is 19.1 Å². The summed E-state index contributed by atoms with van der Waals surface area (Å²) in [7, 11) is 0. The van der Waals surface area contributed by atoms with Crippen molar-refractivity contribution in [2.24, 2.45) is 17.8 Å². The first-order valence-electron chi connectivity index (χ1n) is 9.26. The third-order valence-electron chi connectivity index (χ3n) is 5.92. The lowest BCUT2D eigenvalue weighted by Gasteiger charge is -2.41. The summed E-state index contributed by atoms with van der Waals surface area (Å²) in [4.78, 5) is 0. The lowest BCUT2D eigenvalue weighted by atomic mass is 9.64. The molecule has 0 amide bonds. The maximum atomic E-state index is 5.70. The fourth-order valence-electron chi connectivity index (χ4n) is 4.52. The summed E-state index contributed by atoms with van der Waals surface area (Å²) < 4.78 is 5.70. The quantitative estimate of drug-likeness (QED) is 0.595. The van der Waals surface area contributed by atoms with E-state index in [4.69, 9.17) is 4.74 Å². The first-order valence-corrected chi connectivity index (χ1v) is 9.26. The van der Waals surface area contributed by atoms with Crippen LogP contribution in [0.5, 0.6) is 5.75 Å². The van der Waals surface area contributed by atoms with Gasteiger partial charge in [-0.1, -0.05) is 30.4 Å². The summed E-state index contributed by atoms with van der Waals surface area (Å²) in [6.45, 7) is 6.68. The molecule has 124 valence electrons. The molecule has 1 aromatic carbocycles. The number of allylic oxidation sites excluding steroid dienone is 2. The van der Waals surface area contributed by atoms with Crippen molar-refractivity contribution in [3.05, 3.63) is 54.6 Å². The van der Waals surface area contributed by atoms with Crippen molar-refractivity contribution >= 4 is 0 Å². The van der Waals surface area contributed by atoms with E-state index in [-0.39, 0.29) is 0 Å². The van der Waals surface area contributed by atoms with Crippen LogP contribution in [0.15, 0.2) is 49.1 Å². The van der Waals surface area contributed by atoms with Gasteiger partial charge in [-0.2, -0.15) is 0 Å². The van der Waals surface area contributed by atoms with Crippen molar-refractivity contribution in [1.82, 2.24) is 0 Å². The third-order valence-corrected chi connectivity index (χ3v) is 5.92. The molecule has 0 heterocycles. The molecule has 0 radical (unpaired) electrons. The van der Waals surface area contributed by atoms with Crippen molar-refractivity contribution in [3.63, 3.8) is 0 Å². The monoisotopic (exact) mass is 310 g/mol. The molecule has 0 aromatic heterocycles. The molecular weight excluding hydrogens is 280 g/mol. The molecule has 4 unspecified atom stereocenters. The Kier molecular flexibility index (Phi) is 5.59. The van der Waals surface area contributed by atoms with Gasteiger partial charge in [0.2, 0.25) is 0 Å². The normalized spacial score (nSPS) is 30.8. The molecule has 23 heavy (non-hydrogen) atoms. The maximum Gasteiger partial charge on any atom is 0.119 e. The zero-order chi connectivity index (χ0) is 16.1. The van der Waals surface area contributed by atoms with E-state index in [2.05, 4.69) is 36.9 Å². The maximum absolute atomic E-state index is 5.70. The molecule has 3 rings (SSSR count). The van der Waals surface area contributed by atoms with Gasteiger partial charge in [0, 0.05) is 0 Å². The lowest BCUT2D eigenvalue weighted by Crippen LogP contribution is -2.29. The fraction of sp³-hybridized carbons (Fsp3) is 0.545.